The van der Waals surface area contributed by atoms with Gasteiger partial charge < -0.3 is 4.74 Å². The lowest BCUT2D eigenvalue weighted by molar-refractivity contribution is 0.111. The molecule has 0 N–H and O–H groups in total. The van der Waals surface area contributed by atoms with Crippen molar-refractivity contribution in [2.75, 3.05) is 6.61 Å². The van der Waals surface area contributed by atoms with E-state index in [0.29, 0.717) is 23.9 Å². The molecule has 0 radical (unpaired) electrons. The first kappa shape index (κ1) is 15.1. The fourth-order valence-corrected chi connectivity index (χ4v) is 3.58. The zero-order chi connectivity index (χ0) is 16.7. The highest BCUT2D eigenvalue weighted by atomic mass is 32.1. The molecule has 1 aliphatic rings. The van der Waals surface area contributed by atoms with Crippen LogP contribution in [-0.2, 0) is 0 Å². The van der Waals surface area contributed by atoms with E-state index in [1.54, 1.807) is 15.9 Å². The minimum Gasteiger partial charge on any atom is -0.489 e. The fourth-order valence-electron chi connectivity index (χ4n) is 2.51. The minimum atomic E-state index is 0.493. The Bertz CT molecular complexity index is 920. The SMILES string of the molecule is C=C(C)COc1ccc(-c2nc3sc(C4CC4)nn3c2C=O)cc1. The Morgan fingerprint density at radius 1 is 1.42 bits per heavy atom. The van der Waals surface area contributed by atoms with Crippen LogP contribution in [0.2, 0.25) is 0 Å². The van der Waals surface area contributed by atoms with Gasteiger partial charge in [0.05, 0.1) is 0 Å². The summed E-state index contributed by atoms with van der Waals surface area (Å²) in [6.45, 7) is 6.23. The van der Waals surface area contributed by atoms with Crippen LogP contribution >= 0.6 is 11.3 Å². The number of aldehydes is 1. The number of imidazole rings is 1. The Hall–Kier alpha value is -2.47. The van der Waals surface area contributed by atoms with E-state index in [-0.39, 0.29) is 0 Å². The molecule has 1 aliphatic carbocycles. The van der Waals surface area contributed by atoms with E-state index in [4.69, 9.17) is 4.74 Å². The van der Waals surface area contributed by atoms with Gasteiger partial charge in [-0.15, -0.1) is 0 Å². The lowest BCUT2D eigenvalue weighted by Gasteiger charge is -2.06. The minimum absolute atomic E-state index is 0.493. The quantitative estimate of drug-likeness (QED) is 0.501. The Labute approximate surface area is 143 Å². The van der Waals surface area contributed by atoms with Crippen molar-refractivity contribution in [3.05, 3.63) is 47.1 Å². The summed E-state index contributed by atoms with van der Waals surface area (Å²) in [5.74, 6) is 1.33. The summed E-state index contributed by atoms with van der Waals surface area (Å²) < 4.78 is 7.28. The standard InChI is InChI=1S/C18H17N3O2S/c1-11(2)10-23-14-7-5-12(6-8-14)16-15(9-22)21-18(19-16)24-17(20-21)13-3-4-13/h5-9,13H,1,3-4,10H2,2H3. The molecule has 0 saturated heterocycles. The van der Waals surface area contributed by atoms with Gasteiger partial charge in [-0.1, -0.05) is 17.9 Å². The lowest BCUT2D eigenvalue weighted by Crippen LogP contribution is -1.97. The summed E-state index contributed by atoms with van der Waals surface area (Å²) >= 11 is 1.57. The van der Waals surface area contributed by atoms with Crippen LogP contribution in [0.4, 0.5) is 0 Å². The van der Waals surface area contributed by atoms with Gasteiger partial charge in [0, 0.05) is 11.5 Å². The van der Waals surface area contributed by atoms with Gasteiger partial charge in [0.2, 0.25) is 4.96 Å². The van der Waals surface area contributed by atoms with Gasteiger partial charge in [-0.3, -0.25) is 4.79 Å². The summed E-state index contributed by atoms with van der Waals surface area (Å²) in [4.78, 5) is 17.0. The molecule has 6 heteroatoms. The number of nitrogens with zero attached hydrogens (tertiary/aromatic N) is 3. The third-order valence-electron chi connectivity index (χ3n) is 3.91. The Balaban J connectivity index is 1.66. The van der Waals surface area contributed by atoms with Crippen molar-refractivity contribution >= 4 is 22.6 Å². The first-order valence-electron chi connectivity index (χ1n) is 7.88. The highest BCUT2D eigenvalue weighted by molar-refractivity contribution is 7.16. The molecule has 2 heterocycles. The molecule has 0 bridgehead atoms. The second kappa shape index (κ2) is 5.87. The molecule has 122 valence electrons. The summed E-state index contributed by atoms with van der Waals surface area (Å²) in [6.07, 6.45) is 3.20. The number of hydrogen-bond acceptors (Lipinski definition) is 5. The van der Waals surface area contributed by atoms with E-state index in [9.17, 15) is 4.79 Å². The van der Waals surface area contributed by atoms with E-state index in [1.165, 1.54) is 12.8 Å². The molecule has 0 atom stereocenters. The van der Waals surface area contributed by atoms with E-state index in [0.717, 1.165) is 33.1 Å². The molecular formula is C18H17N3O2S. The molecule has 0 aliphatic heterocycles. The number of rotatable bonds is 6. The van der Waals surface area contributed by atoms with Crippen LogP contribution < -0.4 is 4.74 Å². The predicted molar refractivity (Wildman–Crippen MR) is 94.0 cm³/mol. The Morgan fingerprint density at radius 3 is 2.79 bits per heavy atom. The maximum atomic E-state index is 11.6. The highest BCUT2D eigenvalue weighted by Gasteiger charge is 2.29. The second-order valence-corrected chi connectivity index (χ2v) is 7.13. The first-order chi connectivity index (χ1) is 11.7. The summed E-state index contributed by atoms with van der Waals surface area (Å²) in [7, 11) is 0. The third kappa shape index (κ3) is 2.73. The largest absolute Gasteiger partial charge is 0.489 e. The second-order valence-electron chi connectivity index (χ2n) is 6.14. The van der Waals surface area contributed by atoms with E-state index in [1.807, 2.05) is 31.2 Å². The summed E-state index contributed by atoms with van der Waals surface area (Å²) in [5.41, 5.74) is 3.01. The van der Waals surface area contributed by atoms with Crippen LogP contribution in [0.3, 0.4) is 0 Å². The van der Waals surface area contributed by atoms with Crippen molar-refractivity contribution in [2.45, 2.75) is 25.7 Å². The number of carbonyl (C=O) groups excluding carboxylic acids is 1. The van der Waals surface area contributed by atoms with Crippen molar-refractivity contribution in [2.24, 2.45) is 0 Å². The molecule has 1 fully saturated rings. The fraction of sp³-hybridized carbons (Fsp3) is 0.278. The summed E-state index contributed by atoms with van der Waals surface area (Å²) in [5, 5.41) is 5.64. The van der Waals surface area contributed by atoms with Gasteiger partial charge in [-0.25, -0.2) is 4.98 Å². The van der Waals surface area contributed by atoms with Crippen molar-refractivity contribution < 1.29 is 9.53 Å². The molecule has 1 saturated carbocycles. The number of carbonyl (C=O) groups is 1. The topological polar surface area (TPSA) is 56.5 Å². The van der Waals surface area contributed by atoms with Crippen LogP contribution in [-0.4, -0.2) is 27.5 Å². The molecule has 0 amide bonds. The Morgan fingerprint density at radius 2 is 2.17 bits per heavy atom. The molecule has 24 heavy (non-hydrogen) atoms. The molecule has 1 aromatic carbocycles. The zero-order valence-corrected chi connectivity index (χ0v) is 14.2. The van der Waals surface area contributed by atoms with Gasteiger partial charge in [0.15, 0.2) is 6.29 Å². The normalized spacial score (nSPS) is 14.0. The summed E-state index contributed by atoms with van der Waals surface area (Å²) in [6, 6.07) is 7.58. The number of hydrogen-bond donors (Lipinski definition) is 0. The van der Waals surface area contributed by atoms with Crippen LogP contribution in [0.25, 0.3) is 16.2 Å². The van der Waals surface area contributed by atoms with Gasteiger partial charge in [-0.2, -0.15) is 9.61 Å². The maximum Gasteiger partial charge on any atom is 0.213 e. The molecule has 5 nitrogen and oxygen atoms in total. The molecular weight excluding hydrogens is 322 g/mol. The zero-order valence-electron chi connectivity index (χ0n) is 13.4. The number of benzene rings is 1. The number of fused-ring (bicyclic) bond motifs is 1. The van der Waals surface area contributed by atoms with E-state index < -0.39 is 0 Å². The van der Waals surface area contributed by atoms with Gasteiger partial charge in [-0.05, 0) is 49.6 Å². The molecule has 3 aromatic rings. The average Bonchev–Trinajstić information content (AvgIpc) is 3.25. The monoisotopic (exact) mass is 339 g/mol. The van der Waals surface area contributed by atoms with Crippen molar-refractivity contribution in [1.82, 2.24) is 14.6 Å². The van der Waals surface area contributed by atoms with Crippen LogP contribution in [0.15, 0.2) is 36.4 Å². The molecule has 2 aromatic heterocycles. The molecule has 0 spiro atoms. The van der Waals surface area contributed by atoms with Crippen molar-refractivity contribution in [1.29, 1.82) is 0 Å². The number of aromatic nitrogens is 3. The highest BCUT2D eigenvalue weighted by Crippen LogP contribution is 2.42. The van der Waals surface area contributed by atoms with Gasteiger partial charge >= 0.3 is 0 Å². The van der Waals surface area contributed by atoms with Gasteiger partial charge in [0.25, 0.3) is 0 Å². The van der Waals surface area contributed by atoms with E-state index >= 15 is 0 Å². The number of ether oxygens (including phenoxy) is 1. The van der Waals surface area contributed by atoms with E-state index in [2.05, 4.69) is 16.7 Å². The Kier molecular flexibility index (Phi) is 3.69. The van der Waals surface area contributed by atoms with Crippen molar-refractivity contribution in [3.63, 3.8) is 0 Å². The molecule has 4 rings (SSSR count). The van der Waals surface area contributed by atoms with Crippen LogP contribution in [0, 0.1) is 0 Å². The first-order valence-corrected chi connectivity index (χ1v) is 8.69. The predicted octanol–water partition coefficient (Wildman–Crippen LogP) is 4.10. The maximum absolute atomic E-state index is 11.6. The van der Waals surface area contributed by atoms with Crippen molar-refractivity contribution in [3.8, 4) is 17.0 Å². The van der Waals surface area contributed by atoms with Crippen LogP contribution in [0.5, 0.6) is 5.75 Å². The lowest BCUT2D eigenvalue weighted by atomic mass is 10.1. The molecule has 0 unspecified atom stereocenters. The average molecular weight is 339 g/mol. The smallest absolute Gasteiger partial charge is 0.213 e. The van der Waals surface area contributed by atoms with Crippen LogP contribution in [0.1, 0.15) is 41.2 Å². The van der Waals surface area contributed by atoms with Gasteiger partial charge in [0.1, 0.15) is 28.8 Å². The third-order valence-corrected chi connectivity index (χ3v) is 4.98.